The quantitative estimate of drug-likeness (QED) is 0.492. The van der Waals surface area contributed by atoms with E-state index in [1.807, 2.05) is 6.92 Å². The van der Waals surface area contributed by atoms with Gasteiger partial charge in [-0.2, -0.15) is 0 Å². The monoisotopic (exact) mass is 171 g/mol. The molecule has 0 saturated heterocycles. The third-order valence-corrected chi connectivity index (χ3v) is 2.00. The van der Waals surface area contributed by atoms with Gasteiger partial charge in [-0.15, -0.1) is 12.6 Å². The van der Waals surface area contributed by atoms with E-state index in [0.29, 0.717) is 4.90 Å². The highest BCUT2D eigenvalue weighted by molar-refractivity contribution is 7.80. The summed E-state index contributed by atoms with van der Waals surface area (Å²) in [5.74, 6) is -0.396. The summed E-state index contributed by atoms with van der Waals surface area (Å²) in [6.45, 7) is 1.98. The van der Waals surface area contributed by atoms with E-state index in [1.165, 1.54) is 6.07 Å². The number of nitrogens with two attached hydrogens (primary N) is 1. The van der Waals surface area contributed by atoms with E-state index in [1.54, 1.807) is 6.07 Å². The minimum absolute atomic E-state index is 0.194. The fourth-order valence-corrected chi connectivity index (χ4v) is 1.25. The molecule has 60 valence electrons. The van der Waals surface area contributed by atoms with Gasteiger partial charge in [-0.25, -0.2) is 4.39 Å². The lowest BCUT2D eigenvalue weighted by molar-refractivity contribution is 0.628. The normalized spacial score (nSPS) is 10.1. The van der Waals surface area contributed by atoms with Crippen LogP contribution >= 0.6 is 12.6 Å². The number of benzene rings is 1. The van der Waals surface area contributed by atoms with Gasteiger partial charge >= 0.3 is 0 Å². The smallest absolute Gasteiger partial charge is 0.147 e. The number of aryl methyl sites for hydroxylation is 1. The van der Waals surface area contributed by atoms with Gasteiger partial charge in [-0.05, 0) is 24.1 Å². The van der Waals surface area contributed by atoms with Crippen LogP contribution in [0, 0.1) is 5.82 Å². The lowest BCUT2D eigenvalue weighted by Crippen LogP contribution is -1.93. The fraction of sp³-hybridized carbons (Fsp3) is 0.250. The molecule has 0 aliphatic rings. The van der Waals surface area contributed by atoms with Gasteiger partial charge < -0.3 is 5.73 Å². The lowest BCUT2D eigenvalue weighted by atomic mass is 10.1. The van der Waals surface area contributed by atoms with Crippen LogP contribution < -0.4 is 5.73 Å². The van der Waals surface area contributed by atoms with E-state index < -0.39 is 5.82 Å². The van der Waals surface area contributed by atoms with Gasteiger partial charge in [-0.1, -0.05) is 6.92 Å². The van der Waals surface area contributed by atoms with Gasteiger partial charge in [-0.3, -0.25) is 0 Å². The molecule has 0 unspecified atom stereocenters. The molecule has 0 aliphatic carbocycles. The second-order valence-corrected chi connectivity index (χ2v) is 2.84. The van der Waals surface area contributed by atoms with Crippen LogP contribution in [0.2, 0.25) is 0 Å². The highest BCUT2D eigenvalue weighted by Crippen LogP contribution is 2.20. The Balaban J connectivity index is 3.21. The molecule has 1 rings (SSSR count). The topological polar surface area (TPSA) is 26.0 Å². The zero-order valence-corrected chi connectivity index (χ0v) is 7.16. The average Bonchev–Trinajstić information content (AvgIpc) is 1.97. The van der Waals surface area contributed by atoms with E-state index in [-0.39, 0.29) is 5.69 Å². The first kappa shape index (κ1) is 8.40. The van der Waals surface area contributed by atoms with Crippen molar-refractivity contribution in [3.63, 3.8) is 0 Å². The predicted octanol–water partition coefficient (Wildman–Crippen LogP) is 2.26. The lowest BCUT2D eigenvalue weighted by Gasteiger charge is -2.03. The molecule has 0 atom stereocenters. The number of hydrogen-bond donors (Lipinski definition) is 2. The molecule has 0 heterocycles. The van der Waals surface area contributed by atoms with Crippen molar-refractivity contribution >= 4 is 18.3 Å². The Kier molecular flexibility index (Phi) is 2.39. The van der Waals surface area contributed by atoms with Crippen LogP contribution in [0.15, 0.2) is 17.0 Å². The van der Waals surface area contributed by atoms with E-state index in [9.17, 15) is 4.39 Å². The molecule has 2 N–H and O–H groups in total. The van der Waals surface area contributed by atoms with Crippen LogP contribution in [0.1, 0.15) is 12.5 Å². The number of hydrogen-bond acceptors (Lipinski definition) is 2. The molecule has 1 nitrogen and oxygen atoms in total. The molecule has 0 aliphatic heterocycles. The Bertz CT molecular complexity index is 273. The number of thiol groups is 1. The number of rotatable bonds is 1. The van der Waals surface area contributed by atoms with Gasteiger partial charge in [0.1, 0.15) is 5.82 Å². The minimum Gasteiger partial charge on any atom is -0.396 e. The van der Waals surface area contributed by atoms with Crippen molar-refractivity contribution < 1.29 is 4.39 Å². The molecule has 0 spiro atoms. The van der Waals surface area contributed by atoms with Gasteiger partial charge in [0.05, 0.1) is 5.69 Å². The van der Waals surface area contributed by atoms with Crippen molar-refractivity contribution in [1.29, 1.82) is 0 Å². The molecule has 0 bridgehead atoms. The molecule has 3 heteroatoms. The molecule has 1 aromatic carbocycles. The van der Waals surface area contributed by atoms with Gasteiger partial charge in [0.2, 0.25) is 0 Å². The van der Waals surface area contributed by atoms with Crippen LogP contribution in [-0.4, -0.2) is 0 Å². The van der Waals surface area contributed by atoms with Crippen molar-refractivity contribution in [3.8, 4) is 0 Å². The maximum atomic E-state index is 12.7. The molecule has 11 heavy (non-hydrogen) atoms. The summed E-state index contributed by atoms with van der Waals surface area (Å²) in [5.41, 5.74) is 6.53. The Morgan fingerprint density at radius 1 is 1.55 bits per heavy atom. The summed E-state index contributed by atoms with van der Waals surface area (Å²) in [5, 5.41) is 0. The van der Waals surface area contributed by atoms with Gasteiger partial charge in [0.15, 0.2) is 0 Å². The van der Waals surface area contributed by atoms with Gasteiger partial charge in [0.25, 0.3) is 0 Å². The van der Waals surface area contributed by atoms with E-state index >= 15 is 0 Å². The fourth-order valence-electron chi connectivity index (χ4n) is 0.910. The van der Waals surface area contributed by atoms with Crippen LogP contribution in [0.5, 0.6) is 0 Å². The molecule has 1 aromatic rings. The average molecular weight is 171 g/mol. The van der Waals surface area contributed by atoms with Crippen LogP contribution in [-0.2, 0) is 6.42 Å². The summed E-state index contributed by atoms with van der Waals surface area (Å²) >= 11 is 4.10. The second kappa shape index (κ2) is 3.13. The second-order valence-electron chi connectivity index (χ2n) is 2.36. The Morgan fingerprint density at radius 2 is 2.18 bits per heavy atom. The molecular weight excluding hydrogens is 161 g/mol. The largest absolute Gasteiger partial charge is 0.396 e. The summed E-state index contributed by atoms with van der Waals surface area (Å²) in [6.07, 6.45) is 0.823. The van der Waals surface area contributed by atoms with Crippen molar-refractivity contribution in [3.05, 3.63) is 23.5 Å². The van der Waals surface area contributed by atoms with Crippen molar-refractivity contribution in [2.75, 3.05) is 5.73 Å². The minimum atomic E-state index is -0.396. The van der Waals surface area contributed by atoms with E-state index in [4.69, 9.17) is 5.73 Å². The molecule has 0 saturated carbocycles. The van der Waals surface area contributed by atoms with Crippen LogP contribution in [0.25, 0.3) is 0 Å². The maximum Gasteiger partial charge on any atom is 0.147 e. The molecule has 0 radical (unpaired) electrons. The first-order valence-corrected chi connectivity index (χ1v) is 3.86. The standard InChI is InChI=1S/C8H10FNS/c1-2-5-3-7(10)6(9)4-8(5)11/h3-4,11H,2,10H2,1H3. The Hall–Kier alpha value is -0.700. The zero-order valence-electron chi connectivity index (χ0n) is 6.26. The zero-order chi connectivity index (χ0) is 8.43. The highest BCUT2D eigenvalue weighted by atomic mass is 32.1. The maximum absolute atomic E-state index is 12.7. The Morgan fingerprint density at radius 3 is 2.73 bits per heavy atom. The predicted molar refractivity (Wildman–Crippen MR) is 47.4 cm³/mol. The summed E-state index contributed by atoms with van der Waals surface area (Å²) in [4.78, 5) is 0.666. The van der Waals surface area contributed by atoms with E-state index in [2.05, 4.69) is 12.6 Å². The number of halogens is 1. The summed E-state index contributed by atoms with van der Waals surface area (Å²) < 4.78 is 12.7. The van der Waals surface area contributed by atoms with Crippen LogP contribution in [0.4, 0.5) is 10.1 Å². The van der Waals surface area contributed by atoms with Gasteiger partial charge in [0, 0.05) is 4.90 Å². The number of anilines is 1. The van der Waals surface area contributed by atoms with Crippen LogP contribution in [0.3, 0.4) is 0 Å². The first-order valence-electron chi connectivity index (χ1n) is 3.42. The van der Waals surface area contributed by atoms with Crippen molar-refractivity contribution in [2.24, 2.45) is 0 Å². The highest BCUT2D eigenvalue weighted by Gasteiger charge is 2.02. The molecular formula is C8H10FNS. The molecule has 0 fully saturated rings. The van der Waals surface area contributed by atoms with Crippen molar-refractivity contribution in [1.82, 2.24) is 0 Å². The molecule has 0 aromatic heterocycles. The van der Waals surface area contributed by atoms with Crippen molar-refractivity contribution in [2.45, 2.75) is 18.2 Å². The Labute approximate surface area is 70.8 Å². The first-order chi connectivity index (χ1) is 5.15. The van der Waals surface area contributed by atoms with E-state index in [0.717, 1.165) is 12.0 Å². The third kappa shape index (κ3) is 1.66. The molecule has 0 amide bonds. The summed E-state index contributed by atoms with van der Waals surface area (Å²) in [6, 6.07) is 2.97. The third-order valence-electron chi connectivity index (χ3n) is 1.58. The number of nitrogen functional groups attached to an aromatic ring is 1. The SMILES string of the molecule is CCc1cc(N)c(F)cc1S. The summed E-state index contributed by atoms with van der Waals surface area (Å²) in [7, 11) is 0.